The van der Waals surface area contributed by atoms with Gasteiger partial charge in [0.2, 0.25) is 0 Å². The molecule has 0 amide bonds. The predicted octanol–water partition coefficient (Wildman–Crippen LogP) is 2.40. The molecule has 0 aromatic heterocycles. The summed E-state index contributed by atoms with van der Waals surface area (Å²) in [4.78, 5) is 2.47. The van der Waals surface area contributed by atoms with Crippen LogP contribution in [0, 0.1) is 6.92 Å². The van der Waals surface area contributed by atoms with Crippen LogP contribution >= 0.6 is 0 Å². The second-order valence-corrected chi connectivity index (χ2v) is 6.57. The number of piperazine rings is 1. The second kappa shape index (κ2) is 5.51. The molecule has 1 aromatic rings. The maximum atomic E-state index is 10.1. The van der Waals surface area contributed by atoms with Crippen LogP contribution in [-0.4, -0.2) is 36.2 Å². The molecule has 1 aromatic carbocycles. The number of phenolic OH excluding ortho intramolecular Hbond substituents is 1. The molecule has 1 aliphatic heterocycles. The Labute approximate surface area is 116 Å². The molecule has 1 heterocycles. The van der Waals surface area contributed by atoms with Crippen LogP contribution in [0.1, 0.15) is 37.5 Å². The fourth-order valence-electron chi connectivity index (χ4n) is 2.62. The molecule has 3 heteroatoms. The lowest BCUT2D eigenvalue weighted by Gasteiger charge is -2.29. The van der Waals surface area contributed by atoms with Crippen molar-refractivity contribution in [1.29, 1.82) is 0 Å². The first-order valence-electron chi connectivity index (χ1n) is 7.14. The summed E-state index contributed by atoms with van der Waals surface area (Å²) in [5, 5.41) is 13.5. The number of nitrogens with one attached hydrogen (secondary N) is 1. The van der Waals surface area contributed by atoms with Gasteiger partial charge in [0.15, 0.2) is 0 Å². The topological polar surface area (TPSA) is 35.5 Å². The molecule has 0 radical (unpaired) electrons. The molecule has 2 rings (SSSR count). The van der Waals surface area contributed by atoms with Crippen LogP contribution in [-0.2, 0) is 12.0 Å². The summed E-state index contributed by atoms with van der Waals surface area (Å²) in [5.74, 6) is 0.425. The lowest BCUT2D eigenvalue weighted by molar-refractivity contribution is 0.232. The average Bonchev–Trinajstić information content (AvgIpc) is 2.32. The summed E-state index contributed by atoms with van der Waals surface area (Å²) in [6.07, 6.45) is 0. The van der Waals surface area contributed by atoms with E-state index in [0.717, 1.165) is 38.3 Å². The number of rotatable bonds is 2. The zero-order valence-electron chi connectivity index (χ0n) is 12.6. The Bertz CT molecular complexity index is 443. The molecule has 0 aliphatic carbocycles. The van der Waals surface area contributed by atoms with Gasteiger partial charge in [0.25, 0.3) is 0 Å². The zero-order chi connectivity index (χ0) is 14.0. The summed E-state index contributed by atoms with van der Waals surface area (Å²) in [6, 6.07) is 4.10. The van der Waals surface area contributed by atoms with Crippen molar-refractivity contribution < 1.29 is 5.11 Å². The van der Waals surface area contributed by atoms with Crippen molar-refractivity contribution in [3.63, 3.8) is 0 Å². The Morgan fingerprint density at radius 2 is 1.84 bits per heavy atom. The highest BCUT2D eigenvalue weighted by atomic mass is 16.3. The van der Waals surface area contributed by atoms with Crippen LogP contribution in [0.3, 0.4) is 0 Å². The summed E-state index contributed by atoms with van der Waals surface area (Å²) in [7, 11) is 0. The molecule has 0 bridgehead atoms. The molecule has 0 spiro atoms. The molecule has 2 N–H and O–H groups in total. The summed E-state index contributed by atoms with van der Waals surface area (Å²) >= 11 is 0. The Morgan fingerprint density at radius 3 is 2.42 bits per heavy atom. The molecule has 1 aliphatic rings. The first-order chi connectivity index (χ1) is 8.88. The third-order valence-electron chi connectivity index (χ3n) is 3.87. The SMILES string of the molecule is Cc1cc(O)c(C(C)(C)C)cc1CN1CCNCC1. The van der Waals surface area contributed by atoms with E-state index in [1.165, 1.54) is 11.1 Å². The number of phenols is 1. The first-order valence-corrected chi connectivity index (χ1v) is 7.14. The minimum absolute atomic E-state index is 0.0179. The van der Waals surface area contributed by atoms with Crippen molar-refractivity contribution in [2.45, 2.75) is 39.7 Å². The normalized spacial score (nSPS) is 17.7. The van der Waals surface area contributed by atoms with Gasteiger partial charge >= 0.3 is 0 Å². The van der Waals surface area contributed by atoms with E-state index in [9.17, 15) is 5.11 Å². The van der Waals surface area contributed by atoms with Crippen LogP contribution in [0.2, 0.25) is 0 Å². The van der Waals surface area contributed by atoms with Crippen LogP contribution < -0.4 is 5.32 Å². The zero-order valence-corrected chi connectivity index (χ0v) is 12.6. The first kappa shape index (κ1) is 14.4. The van der Waals surface area contributed by atoms with Gasteiger partial charge in [-0.1, -0.05) is 26.8 Å². The van der Waals surface area contributed by atoms with E-state index in [0.29, 0.717) is 5.75 Å². The van der Waals surface area contributed by atoms with Gasteiger partial charge in [-0.2, -0.15) is 0 Å². The van der Waals surface area contributed by atoms with Crippen molar-refractivity contribution >= 4 is 0 Å². The smallest absolute Gasteiger partial charge is 0.119 e. The number of hydrogen-bond acceptors (Lipinski definition) is 3. The number of aryl methyl sites for hydroxylation is 1. The molecule has 19 heavy (non-hydrogen) atoms. The quantitative estimate of drug-likeness (QED) is 0.859. The Balaban J connectivity index is 2.24. The van der Waals surface area contributed by atoms with Gasteiger partial charge in [-0.25, -0.2) is 0 Å². The van der Waals surface area contributed by atoms with Crippen LogP contribution in [0.25, 0.3) is 0 Å². The van der Waals surface area contributed by atoms with Crippen LogP contribution in [0.4, 0.5) is 0 Å². The minimum Gasteiger partial charge on any atom is -0.508 e. The van der Waals surface area contributed by atoms with Gasteiger partial charge < -0.3 is 10.4 Å². The Kier molecular flexibility index (Phi) is 4.16. The third-order valence-corrected chi connectivity index (χ3v) is 3.87. The highest BCUT2D eigenvalue weighted by Crippen LogP contribution is 2.33. The van der Waals surface area contributed by atoms with Gasteiger partial charge in [-0.3, -0.25) is 4.90 Å². The van der Waals surface area contributed by atoms with E-state index in [1.807, 2.05) is 6.07 Å². The standard InChI is InChI=1S/C16H26N2O/c1-12-9-15(19)14(16(2,3)4)10-13(12)11-18-7-5-17-6-8-18/h9-10,17,19H,5-8,11H2,1-4H3. The van der Waals surface area contributed by atoms with Crippen molar-refractivity contribution in [3.8, 4) is 5.75 Å². The van der Waals surface area contributed by atoms with Crippen LogP contribution in [0.5, 0.6) is 5.75 Å². The maximum Gasteiger partial charge on any atom is 0.119 e. The van der Waals surface area contributed by atoms with E-state index in [-0.39, 0.29) is 5.41 Å². The monoisotopic (exact) mass is 262 g/mol. The molecule has 0 atom stereocenters. The molecule has 0 saturated carbocycles. The van der Waals surface area contributed by atoms with Gasteiger partial charge in [0.1, 0.15) is 5.75 Å². The number of benzene rings is 1. The predicted molar refractivity (Wildman–Crippen MR) is 79.7 cm³/mol. The maximum absolute atomic E-state index is 10.1. The van der Waals surface area contributed by atoms with Crippen LogP contribution in [0.15, 0.2) is 12.1 Å². The Morgan fingerprint density at radius 1 is 1.21 bits per heavy atom. The number of hydrogen-bond donors (Lipinski definition) is 2. The van der Waals surface area contributed by atoms with Gasteiger partial charge in [0, 0.05) is 32.7 Å². The van der Waals surface area contributed by atoms with E-state index in [4.69, 9.17) is 0 Å². The average molecular weight is 262 g/mol. The molecule has 1 fully saturated rings. The minimum atomic E-state index is -0.0179. The summed E-state index contributed by atoms with van der Waals surface area (Å²) in [6.45, 7) is 13.9. The largest absolute Gasteiger partial charge is 0.508 e. The van der Waals surface area contributed by atoms with Crippen molar-refractivity contribution in [3.05, 3.63) is 28.8 Å². The molecule has 3 nitrogen and oxygen atoms in total. The van der Waals surface area contributed by atoms with Crippen molar-refractivity contribution in [2.75, 3.05) is 26.2 Å². The molecule has 106 valence electrons. The van der Waals surface area contributed by atoms with E-state index < -0.39 is 0 Å². The van der Waals surface area contributed by atoms with Crippen molar-refractivity contribution in [2.24, 2.45) is 0 Å². The highest BCUT2D eigenvalue weighted by Gasteiger charge is 2.20. The fraction of sp³-hybridized carbons (Fsp3) is 0.625. The number of aromatic hydroxyl groups is 1. The molecular formula is C16H26N2O. The molecular weight excluding hydrogens is 236 g/mol. The lowest BCUT2D eigenvalue weighted by Crippen LogP contribution is -2.43. The Hall–Kier alpha value is -1.06. The second-order valence-electron chi connectivity index (χ2n) is 6.57. The fourth-order valence-corrected chi connectivity index (χ4v) is 2.62. The van der Waals surface area contributed by atoms with E-state index >= 15 is 0 Å². The van der Waals surface area contributed by atoms with E-state index in [2.05, 4.69) is 44.0 Å². The molecule has 0 unspecified atom stereocenters. The van der Waals surface area contributed by atoms with Gasteiger partial charge in [-0.05, 0) is 35.1 Å². The third kappa shape index (κ3) is 3.48. The van der Waals surface area contributed by atoms with Gasteiger partial charge in [0.05, 0.1) is 0 Å². The molecule has 1 saturated heterocycles. The highest BCUT2D eigenvalue weighted by molar-refractivity contribution is 5.44. The summed E-state index contributed by atoms with van der Waals surface area (Å²) in [5.41, 5.74) is 3.55. The van der Waals surface area contributed by atoms with Gasteiger partial charge in [-0.15, -0.1) is 0 Å². The summed E-state index contributed by atoms with van der Waals surface area (Å²) < 4.78 is 0. The lowest BCUT2D eigenvalue weighted by atomic mass is 9.84. The van der Waals surface area contributed by atoms with E-state index in [1.54, 1.807) is 0 Å². The van der Waals surface area contributed by atoms with Crippen molar-refractivity contribution in [1.82, 2.24) is 10.2 Å². The number of nitrogens with zero attached hydrogens (tertiary/aromatic N) is 1.